The molecular weight excluding hydrogens is 385 g/mol. The molecule has 2 amide bonds. The summed E-state index contributed by atoms with van der Waals surface area (Å²) in [7, 11) is 1.54. The van der Waals surface area contributed by atoms with Crippen LogP contribution in [0.3, 0.4) is 0 Å². The molecule has 1 N–H and O–H groups in total. The highest BCUT2D eigenvalue weighted by Gasteiger charge is 2.49. The van der Waals surface area contributed by atoms with E-state index < -0.39 is 11.6 Å². The number of methoxy groups -OCH3 is 1. The molecule has 2 aliphatic heterocycles. The number of amides is 2. The van der Waals surface area contributed by atoms with Crippen molar-refractivity contribution in [3.05, 3.63) is 89.4 Å². The number of rotatable bonds is 5. The average Bonchev–Trinajstić information content (AvgIpc) is 3.03. The van der Waals surface area contributed by atoms with Crippen LogP contribution < -0.4 is 10.1 Å². The summed E-state index contributed by atoms with van der Waals surface area (Å²) in [5, 5.41) is 2.82. The second-order valence-electron chi connectivity index (χ2n) is 7.15. The monoisotopic (exact) mass is 405 g/mol. The van der Waals surface area contributed by atoms with Crippen molar-refractivity contribution in [3.63, 3.8) is 0 Å². The van der Waals surface area contributed by atoms with Gasteiger partial charge in [0.1, 0.15) is 17.4 Å². The summed E-state index contributed by atoms with van der Waals surface area (Å²) in [6, 6.07) is 12.4. The van der Waals surface area contributed by atoms with Crippen LogP contribution in [-0.4, -0.2) is 35.3 Å². The highest BCUT2D eigenvalue weighted by molar-refractivity contribution is 6.17. The van der Waals surface area contributed by atoms with Crippen LogP contribution >= 0.6 is 0 Å². The molecule has 0 saturated heterocycles. The Balaban J connectivity index is 1.71. The Morgan fingerprint density at radius 1 is 1.17 bits per heavy atom. The predicted molar refractivity (Wildman–Crippen MR) is 110 cm³/mol. The van der Waals surface area contributed by atoms with Gasteiger partial charge in [0.05, 0.1) is 7.11 Å². The highest BCUT2D eigenvalue weighted by Crippen LogP contribution is 2.30. The van der Waals surface area contributed by atoms with E-state index in [4.69, 9.17) is 4.74 Å². The minimum Gasteiger partial charge on any atom is -0.497 e. The van der Waals surface area contributed by atoms with Crippen LogP contribution in [0, 0.1) is 5.82 Å². The van der Waals surface area contributed by atoms with Gasteiger partial charge in [-0.15, -0.1) is 0 Å². The number of allylic oxidation sites excluding steroid dienone is 2. The molecule has 0 fully saturated rings. The zero-order valence-corrected chi connectivity index (χ0v) is 16.6. The summed E-state index contributed by atoms with van der Waals surface area (Å²) in [6.07, 6.45) is 5.32. The lowest BCUT2D eigenvalue weighted by Gasteiger charge is -2.27. The summed E-state index contributed by atoms with van der Waals surface area (Å²) >= 11 is 0. The number of carbonyl (C=O) groups excluding carboxylic acids is 2. The van der Waals surface area contributed by atoms with Crippen molar-refractivity contribution in [2.75, 3.05) is 7.11 Å². The van der Waals surface area contributed by atoms with E-state index in [1.165, 1.54) is 17.0 Å². The first-order valence-corrected chi connectivity index (χ1v) is 9.42. The summed E-state index contributed by atoms with van der Waals surface area (Å²) < 4.78 is 18.5. The van der Waals surface area contributed by atoms with Crippen LogP contribution in [-0.2, 0) is 11.2 Å². The van der Waals surface area contributed by atoms with Gasteiger partial charge in [0.25, 0.3) is 11.8 Å². The molecule has 4 rings (SSSR count). The number of halogens is 1. The number of ether oxygens (including phenoxy) is 1. The van der Waals surface area contributed by atoms with Gasteiger partial charge in [-0.3, -0.25) is 14.5 Å². The zero-order valence-electron chi connectivity index (χ0n) is 16.6. The fourth-order valence-electron chi connectivity index (χ4n) is 3.48. The Morgan fingerprint density at radius 3 is 2.50 bits per heavy atom. The molecule has 2 aromatic carbocycles. The summed E-state index contributed by atoms with van der Waals surface area (Å²) in [5.74, 6) is -0.0824. The van der Waals surface area contributed by atoms with Crippen molar-refractivity contribution in [2.24, 2.45) is 4.99 Å². The van der Waals surface area contributed by atoms with Gasteiger partial charge in [0.2, 0.25) is 5.66 Å². The molecule has 2 aromatic rings. The van der Waals surface area contributed by atoms with Crippen LogP contribution in [0.25, 0.3) is 0 Å². The van der Waals surface area contributed by atoms with E-state index in [1.54, 1.807) is 55.8 Å². The number of amidine groups is 1. The molecule has 6 nitrogen and oxygen atoms in total. The normalized spacial score (nSPS) is 19.8. The molecule has 152 valence electrons. The second kappa shape index (κ2) is 7.59. The van der Waals surface area contributed by atoms with Gasteiger partial charge in [-0.05, 0) is 60.5 Å². The number of hydrogen-bond donors (Lipinski definition) is 1. The molecule has 2 heterocycles. The molecule has 0 unspecified atom stereocenters. The third kappa shape index (κ3) is 3.50. The number of carbonyl (C=O) groups is 2. The summed E-state index contributed by atoms with van der Waals surface area (Å²) in [6.45, 7) is 1.85. The van der Waals surface area contributed by atoms with Crippen LogP contribution in [0.15, 0.2) is 77.4 Å². The van der Waals surface area contributed by atoms with Gasteiger partial charge >= 0.3 is 0 Å². The minimum atomic E-state index is -1.53. The minimum absolute atomic E-state index is 0.0924. The molecule has 0 saturated carbocycles. The van der Waals surface area contributed by atoms with Gasteiger partial charge in [-0.25, -0.2) is 9.38 Å². The third-order valence-electron chi connectivity index (χ3n) is 5.08. The standard InChI is InChI=1S/C23H20FN3O3/c1-15-4-3-13-27-20(15)25-23(22(27)29,14-16-5-9-18(24)10-6-16)26-21(28)17-7-11-19(30-2)12-8-17/h3-13H,14H2,1-2H3,(H,26,28)/t23-/m0/s1. The van der Waals surface area contributed by atoms with Gasteiger partial charge in [-0.2, -0.15) is 0 Å². The van der Waals surface area contributed by atoms with Crippen LogP contribution in [0.5, 0.6) is 5.75 Å². The molecular formula is C23H20FN3O3. The lowest BCUT2D eigenvalue weighted by atomic mass is 9.98. The number of fused-ring (bicyclic) bond motifs is 1. The van der Waals surface area contributed by atoms with Crippen LogP contribution in [0.1, 0.15) is 22.8 Å². The Labute approximate surface area is 173 Å². The zero-order chi connectivity index (χ0) is 21.3. The van der Waals surface area contributed by atoms with Crippen molar-refractivity contribution in [1.82, 2.24) is 10.2 Å². The van der Waals surface area contributed by atoms with E-state index in [2.05, 4.69) is 10.3 Å². The number of benzene rings is 2. The van der Waals surface area contributed by atoms with E-state index in [9.17, 15) is 14.0 Å². The molecule has 0 aliphatic carbocycles. The maximum absolute atomic E-state index is 13.4. The van der Waals surface area contributed by atoms with Crippen LogP contribution in [0.2, 0.25) is 0 Å². The SMILES string of the molecule is COc1ccc(C(=O)N[C@]2(Cc3ccc(F)cc3)N=C3C(C)=CC=CN3C2=O)cc1. The van der Waals surface area contributed by atoms with E-state index >= 15 is 0 Å². The number of nitrogens with zero attached hydrogens (tertiary/aromatic N) is 2. The maximum Gasteiger partial charge on any atom is 0.281 e. The molecule has 0 bridgehead atoms. The first kappa shape index (κ1) is 19.6. The van der Waals surface area contributed by atoms with Crippen molar-refractivity contribution in [3.8, 4) is 5.75 Å². The Bertz CT molecular complexity index is 1090. The predicted octanol–water partition coefficient (Wildman–Crippen LogP) is 3.22. The fraction of sp³-hybridized carbons (Fsp3) is 0.174. The molecule has 0 aromatic heterocycles. The molecule has 0 spiro atoms. The number of nitrogens with one attached hydrogen (secondary N) is 1. The quantitative estimate of drug-likeness (QED) is 0.830. The lowest BCUT2D eigenvalue weighted by molar-refractivity contribution is -0.130. The Morgan fingerprint density at radius 2 is 1.87 bits per heavy atom. The van der Waals surface area contributed by atoms with Gasteiger partial charge < -0.3 is 10.1 Å². The lowest BCUT2D eigenvalue weighted by Crippen LogP contribution is -2.55. The van der Waals surface area contributed by atoms with Crippen molar-refractivity contribution >= 4 is 17.6 Å². The van der Waals surface area contributed by atoms with Crippen molar-refractivity contribution in [2.45, 2.75) is 19.0 Å². The number of hydrogen-bond acceptors (Lipinski definition) is 4. The largest absolute Gasteiger partial charge is 0.497 e. The smallest absolute Gasteiger partial charge is 0.281 e. The number of aliphatic imine (C=N–C) groups is 1. The Kier molecular flexibility index (Phi) is 4.95. The second-order valence-corrected chi connectivity index (χ2v) is 7.15. The summed E-state index contributed by atoms with van der Waals surface area (Å²) in [5.41, 5.74) is 0.323. The highest BCUT2D eigenvalue weighted by atomic mass is 19.1. The molecule has 7 heteroatoms. The average molecular weight is 405 g/mol. The molecule has 0 radical (unpaired) electrons. The van der Waals surface area contributed by atoms with Crippen molar-refractivity contribution < 1.29 is 18.7 Å². The van der Waals surface area contributed by atoms with Gasteiger partial charge in [0, 0.05) is 18.2 Å². The summed E-state index contributed by atoms with van der Waals surface area (Å²) in [4.78, 5) is 32.4. The first-order valence-electron chi connectivity index (χ1n) is 9.42. The topological polar surface area (TPSA) is 71.0 Å². The van der Waals surface area contributed by atoms with Gasteiger partial charge in [0.15, 0.2) is 0 Å². The maximum atomic E-state index is 13.4. The van der Waals surface area contributed by atoms with E-state index in [1.807, 2.05) is 13.0 Å². The van der Waals surface area contributed by atoms with Crippen molar-refractivity contribution in [1.29, 1.82) is 0 Å². The van der Waals surface area contributed by atoms with E-state index in [0.717, 1.165) is 5.57 Å². The third-order valence-corrected chi connectivity index (χ3v) is 5.08. The molecule has 2 aliphatic rings. The molecule has 30 heavy (non-hydrogen) atoms. The first-order chi connectivity index (χ1) is 14.4. The van der Waals surface area contributed by atoms with Gasteiger partial charge in [-0.1, -0.05) is 18.2 Å². The molecule has 1 atom stereocenters. The van der Waals surface area contributed by atoms with E-state index in [0.29, 0.717) is 22.7 Å². The van der Waals surface area contributed by atoms with Crippen LogP contribution in [0.4, 0.5) is 4.39 Å². The fourth-order valence-corrected chi connectivity index (χ4v) is 3.48. The Hall–Kier alpha value is -3.74. The van der Waals surface area contributed by atoms with E-state index in [-0.39, 0.29) is 18.1 Å².